The molecule has 5 atom stereocenters. The van der Waals surface area contributed by atoms with E-state index in [0.717, 1.165) is 37.8 Å². The van der Waals surface area contributed by atoms with Crippen molar-refractivity contribution >= 4 is 28.3 Å². The van der Waals surface area contributed by atoms with Gasteiger partial charge in [-0.15, -0.1) is 11.3 Å². The molecular formula is C20H26N2O3S. The van der Waals surface area contributed by atoms with Gasteiger partial charge >= 0.3 is 5.97 Å². The lowest BCUT2D eigenvalue weighted by atomic mass is 9.79. The van der Waals surface area contributed by atoms with Crippen LogP contribution in [0.5, 0.6) is 0 Å². The molecule has 6 heteroatoms. The lowest BCUT2D eigenvalue weighted by molar-refractivity contribution is -0.148. The second-order valence-corrected chi connectivity index (χ2v) is 9.45. The molecule has 4 rings (SSSR count). The number of hydrogen-bond acceptors (Lipinski definition) is 4. The highest BCUT2D eigenvalue weighted by Gasteiger charge is 2.57. The monoisotopic (exact) mass is 374 g/mol. The minimum Gasteiger partial charge on any atom is -0.481 e. The summed E-state index contributed by atoms with van der Waals surface area (Å²) >= 11 is 1.56. The van der Waals surface area contributed by atoms with Gasteiger partial charge in [-0.3, -0.25) is 9.59 Å². The number of aliphatic carboxylic acids is 1. The van der Waals surface area contributed by atoms with Gasteiger partial charge in [-0.1, -0.05) is 18.1 Å². The van der Waals surface area contributed by atoms with Crippen LogP contribution in [0.15, 0.2) is 11.1 Å². The van der Waals surface area contributed by atoms with Crippen molar-refractivity contribution in [1.29, 1.82) is 0 Å². The number of nitrogens with zero attached hydrogens (tertiary/aromatic N) is 1. The van der Waals surface area contributed by atoms with Gasteiger partial charge in [-0.25, -0.2) is 4.98 Å². The number of aromatic nitrogens is 1. The van der Waals surface area contributed by atoms with Crippen LogP contribution in [0.3, 0.4) is 0 Å². The first kappa shape index (κ1) is 17.7. The zero-order valence-electron chi connectivity index (χ0n) is 15.5. The van der Waals surface area contributed by atoms with Crippen LogP contribution in [0, 0.1) is 29.6 Å². The molecule has 1 amide bonds. The van der Waals surface area contributed by atoms with Crippen molar-refractivity contribution in [3.05, 3.63) is 21.7 Å². The number of carbonyl (C=O) groups excluding carboxylic acids is 1. The summed E-state index contributed by atoms with van der Waals surface area (Å²) in [6, 6.07) is 0. The molecule has 3 aliphatic rings. The van der Waals surface area contributed by atoms with Gasteiger partial charge in [-0.05, 0) is 63.7 Å². The first-order valence-electron chi connectivity index (χ1n) is 9.56. The number of aryl methyl sites for hydroxylation is 1. The molecule has 3 aliphatic carbocycles. The Bertz CT molecular complexity index is 793. The van der Waals surface area contributed by atoms with Crippen molar-refractivity contribution in [3.8, 4) is 0 Å². The molecular weight excluding hydrogens is 348 g/mol. The molecule has 2 bridgehead atoms. The van der Waals surface area contributed by atoms with Crippen molar-refractivity contribution in [2.45, 2.75) is 52.9 Å². The van der Waals surface area contributed by atoms with Crippen LogP contribution in [-0.2, 0) is 22.4 Å². The average molecular weight is 375 g/mol. The van der Waals surface area contributed by atoms with E-state index in [4.69, 9.17) is 0 Å². The molecule has 1 heterocycles. The Labute approximate surface area is 157 Å². The summed E-state index contributed by atoms with van der Waals surface area (Å²) in [7, 11) is 0. The molecule has 2 saturated carbocycles. The minimum atomic E-state index is -0.844. The van der Waals surface area contributed by atoms with Gasteiger partial charge in [0, 0.05) is 4.88 Å². The van der Waals surface area contributed by atoms with Crippen molar-refractivity contribution in [1.82, 2.24) is 4.98 Å². The van der Waals surface area contributed by atoms with Crippen LogP contribution in [0.2, 0.25) is 0 Å². The largest absolute Gasteiger partial charge is 0.481 e. The van der Waals surface area contributed by atoms with E-state index in [0.29, 0.717) is 11.0 Å². The quantitative estimate of drug-likeness (QED) is 0.787. The lowest BCUT2D eigenvalue weighted by Crippen LogP contribution is -2.37. The summed E-state index contributed by atoms with van der Waals surface area (Å²) in [5, 5.41) is 13.4. The molecule has 26 heavy (non-hydrogen) atoms. The fourth-order valence-electron chi connectivity index (χ4n) is 5.39. The van der Waals surface area contributed by atoms with Crippen LogP contribution in [0.4, 0.5) is 5.13 Å². The maximum atomic E-state index is 13.0. The number of hydrogen-bond donors (Lipinski definition) is 2. The second-order valence-electron chi connectivity index (χ2n) is 8.36. The number of carboxylic acids is 1. The van der Waals surface area contributed by atoms with Crippen LogP contribution < -0.4 is 5.32 Å². The normalized spacial score (nSPS) is 32.4. The zero-order valence-corrected chi connectivity index (χ0v) is 16.4. The zero-order chi connectivity index (χ0) is 18.6. The van der Waals surface area contributed by atoms with Crippen LogP contribution in [-0.4, -0.2) is 22.0 Å². The van der Waals surface area contributed by atoms with E-state index in [1.165, 1.54) is 16.0 Å². The fourth-order valence-corrected chi connectivity index (χ4v) is 6.56. The highest BCUT2D eigenvalue weighted by atomic mass is 32.1. The van der Waals surface area contributed by atoms with E-state index in [1.807, 2.05) is 13.8 Å². The van der Waals surface area contributed by atoms with Crippen LogP contribution in [0.1, 0.15) is 50.6 Å². The molecule has 0 unspecified atom stereocenters. The molecule has 140 valence electrons. The summed E-state index contributed by atoms with van der Waals surface area (Å²) in [4.78, 5) is 30.8. The SMILES string of the molecule is CC(C)=C1[C@H]2CC[C@H]1[C@H](C(=O)Nc1nc3c(s1)C[C@H](C)CC3)[C@H]2C(=O)O. The number of anilines is 1. The van der Waals surface area contributed by atoms with Crippen molar-refractivity contribution in [2.75, 3.05) is 5.32 Å². The Morgan fingerprint density at radius 1 is 1.15 bits per heavy atom. The third kappa shape index (κ3) is 2.79. The third-order valence-electron chi connectivity index (χ3n) is 6.42. The summed E-state index contributed by atoms with van der Waals surface area (Å²) in [6.45, 7) is 6.32. The fraction of sp³-hybridized carbons (Fsp3) is 0.650. The van der Waals surface area contributed by atoms with E-state index in [9.17, 15) is 14.7 Å². The van der Waals surface area contributed by atoms with Gasteiger partial charge in [-0.2, -0.15) is 0 Å². The standard InChI is InChI=1S/C20H26N2O3S/c1-9(2)15-11-5-6-12(15)17(19(24)25)16(11)18(23)22-20-21-13-7-4-10(3)8-14(13)26-20/h10-12,16-17H,4-8H2,1-3H3,(H,24,25)(H,21,22,23)/t10-,11-,12-,16+,17+/m1/s1. The maximum absolute atomic E-state index is 13.0. The predicted molar refractivity (Wildman–Crippen MR) is 101 cm³/mol. The Balaban J connectivity index is 1.58. The highest BCUT2D eigenvalue weighted by molar-refractivity contribution is 7.15. The number of allylic oxidation sites excluding steroid dienone is 2. The van der Waals surface area contributed by atoms with Gasteiger partial charge < -0.3 is 10.4 Å². The highest BCUT2D eigenvalue weighted by Crippen LogP contribution is 2.57. The average Bonchev–Trinajstić information content (AvgIpc) is 3.23. The summed E-state index contributed by atoms with van der Waals surface area (Å²) in [6.07, 6.45) is 4.93. The number of rotatable bonds is 3. The van der Waals surface area contributed by atoms with Crippen molar-refractivity contribution in [2.24, 2.45) is 29.6 Å². The predicted octanol–water partition coefficient (Wildman–Crippen LogP) is 3.90. The van der Waals surface area contributed by atoms with Crippen LogP contribution >= 0.6 is 11.3 Å². The molecule has 0 radical (unpaired) electrons. The Morgan fingerprint density at radius 3 is 2.50 bits per heavy atom. The molecule has 5 nitrogen and oxygen atoms in total. The first-order chi connectivity index (χ1) is 12.4. The molecule has 0 aliphatic heterocycles. The minimum absolute atomic E-state index is 0.0172. The maximum Gasteiger partial charge on any atom is 0.307 e. The summed E-state index contributed by atoms with van der Waals surface area (Å²) < 4.78 is 0. The van der Waals surface area contributed by atoms with E-state index in [-0.39, 0.29) is 17.7 Å². The number of amides is 1. The topological polar surface area (TPSA) is 79.3 Å². The number of carbonyl (C=O) groups is 2. The first-order valence-corrected chi connectivity index (χ1v) is 10.4. The number of thiazole rings is 1. The molecule has 0 aromatic carbocycles. The van der Waals surface area contributed by atoms with Gasteiger partial charge in [0.05, 0.1) is 17.5 Å². The van der Waals surface area contributed by atoms with Gasteiger partial charge in [0.1, 0.15) is 0 Å². The van der Waals surface area contributed by atoms with E-state index in [2.05, 4.69) is 17.2 Å². The Morgan fingerprint density at radius 2 is 1.85 bits per heavy atom. The van der Waals surface area contributed by atoms with Crippen LogP contribution in [0.25, 0.3) is 0 Å². The number of fused-ring (bicyclic) bond motifs is 3. The van der Waals surface area contributed by atoms with Gasteiger partial charge in [0.2, 0.25) is 5.91 Å². The van der Waals surface area contributed by atoms with Gasteiger partial charge in [0.15, 0.2) is 5.13 Å². The number of carboxylic acid groups (broad SMARTS) is 1. The molecule has 1 aromatic rings. The molecule has 0 spiro atoms. The molecule has 2 fully saturated rings. The lowest BCUT2D eigenvalue weighted by Gasteiger charge is -2.25. The second kappa shape index (κ2) is 6.48. The molecule has 2 N–H and O–H groups in total. The van der Waals surface area contributed by atoms with E-state index in [1.54, 1.807) is 11.3 Å². The molecule has 0 saturated heterocycles. The summed E-state index contributed by atoms with van der Waals surface area (Å²) in [5.41, 5.74) is 3.50. The van der Waals surface area contributed by atoms with Gasteiger partial charge in [0.25, 0.3) is 0 Å². The Kier molecular flexibility index (Phi) is 4.41. The Hall–Kier alpha value is -1.69. The van der Waals surface area contributed by atoms with Crippen molar-refractivity contribution < 1.29 is 14.7 Å². The summed E-state index contributed by atoms with van der Waals surface area (Å²) in [5.74, 6) is -1.34. The third-order valence-corrected chi connectivity index (χ3v) is 7.46. The number of nitrogens with one attached hydrogen (secondary N) is 1. The van der Waals surface area contributed by atoms with E-state index >= 15 is 0 Å². The smallest absolute Gasteiger partial charge is 0.307 e. The molecule has 1 aromatic heterocycles. The van der Waals surface area contributed by atoms with Crippen molar-refractivity contribution in [3.63, 3.8) is 0 Å². The van der Waals surface area contributed by atoms with E-state index < -0.39 is 17.8 Å².